The molecule has 0 saturated carbocycles. The lowest BCUT2D eigenvalue weighted by Crippen LogP contribution is -2.09. The standard InChI is InChI=1S/C15H18N2O3/c1-10-6-4-5-7-11(10)8-12(18)14-15(20-3)17-13(19-2)9-16-14/h4-7,9,12,18H,8H2,1-3H3. The van der Waals surface area contributed by atoms with Crippen LogP contribution in [0.3, 0.4) is 0 Å². The van der Waals surface area contributed by atoms with Crippen LogP contribution in [0.15, 0.2) is 30.5 Å². The molecule has 0 bridgehead atoms. The third kappa shape index (κ3) is 3.05. The Morgan fingerprint density at radius 3 is 2.60 bits per heavy atom. The zero-order valence-electron chi connectivity index (χ0n) is 11.8. The lowest BCUT2D eigenvalue weighted by Gasteiger charge is -2.14. The maximum Gasteiger partial charge on any atom is 0.241 e. The molecule has 0 amide bonds. The van der Waals surface area contributed by atoms with Crippen molar-refractivity contribution < 1.29 is 14.6 Å². The van der Waals surface area contributed by atoms with Gasteiger partial charge in [-0.3, -0.25) is 0 Å². The minimum Gasteiger partial charge on any atom is -0.480 e. The van der Waals surface area contributed by atoms with Crippen LogP contribution in [0.2, 0.25) is 0 Å². The molecular formula is C15H18N2O3. The Hall–Kier alpha value is -2.14. The number of nitrogens with zero attached hydrogens (tertiary/aromatic N) is 2. The molecule has 1 atom stereocenters. The number of aliphatic hydroxyl groups is 1. The highest BCUT2D eigenvalue weighted by Crippen LogP contribution is 2.26. The van der Waals surface area contributed by atoms with Crippen LogP contribution >= 0.6 is 0 Å². The van der Waals surface area contributed by atoms with Crippen molar-refractivity contribution in [1.82, 2.24) is 9.97 Å². The first kappa shape index (κ1) is 14.3. The highest BCUT2D eigenvalue weighted by atomic mass is 16.5. The molecule has 106 valence electrons. The minimum absolute atomic E-state index is 0.283. The number of aromatic nitrogens is 2. The average Bonchev–Trinajstić information content (AvgIpc) is 2.48. The van der Waals surface area contributed by atoms with Gasteiger partial charge in [0.25, 0.3) is 0 Å². The van der Waals surface area contributed by atoms with Crippen molar-refractivity contribution in [3.05, 3.63) is 47.3 Å². The second kappa shape index (κ2) is 6.34. The molecule has 0 aliphatic rings. The van der Waals surface area contributed by atoms with Gasteiger partial charge in [0.2, 0.25) is 11.8 Å². The molecule has 0 radical (unpaired) electrons. The molecule has 1 unspecified atom stereocenters. The van der Waals surface area contributed by atoms with Crippen LogP contribution in [0.1, 0.15) is 22.9 Å². The number of benzene rings is 1. The van der Waals surface area contributed by atoms with Crippen LogP contribution in [-0.2, 0) is 6.42 Å². The van der Waals surface area contributed by atoms with E-state index in [0.717, 1.165) is 11.1 Å². The number of hydrogen-bond acceptors (Lipinski definition) is 5. The van der Waals surface area contributed by atoms with Gasteiger partial charge in [-0.15, -0.1) is 0 Å². The zero-order valence-corrected chi connectivity index (χ0v) is 11.8. The lowest BCUT2D eigenvalue weighted by atomic mass is 10.0. The van der Waals surface area contributed by atoms with E-state index in [0.29, 0.717) is 18.0 Å². The van der Waals surface area contributed by atoms with Crippen LogP contribution in [0.5, 0.6) is 11.8 Å². The Labute approximate surface area is 118 Å². The van der Waals surface area contributed by atoms with Crippen molar-refractivity contribution in [1.29, 1.82) is 0 Å². The predicted molar refractivity (Wildman–Crippen MR) is 75.0 cm³/mol. The summed E-state index contributed by atoms with van der Waals surface area (Å²) in [5, 5.41) is 10.4. The summed E-state index contributed by atoms with van der Waals surface area (Å²) in [5.74, 6) is 0.638. The third-order valence-electron chi connectivity index (χ3n) is 3.14. The molecular weight excluding hydrogens is 256 g/mol. The van der Waals surface area contributed by atoms with Gasteiger partial charge in [-0.05, 0) is 18.1 Å². The highest BCUT2D eigenvalue weighted by molar-refractivity contribution is 5.30. The minimum atomic E-state index is -0.774. The van der Waals surface area contributed by atoms with Gasteiger partial charge in [0.1, 0.15) is 11.8 Å². The number of aryl methyl sites for hydroxylation is 1. The van der Waals surface area contributed by atoms with E-state index in [1.807, 2.05) is 31.2 Å². The molecule has 20 heavy (non-hydrogen) atoms. The average molecular weight is 274 g/mol. The summed E-state index contributed by atoms with van der Waals surface area (Å²) in [7, 11) is 3.00. The second-order valence-corrected chi connectivity index (χ2v) is 4.45. The van der Waals surface area contributed by atoms with Crippen LogP contribution in [0.4, 0.5) is 0 Å². The Morgan fingerprint density at radius 1 is 1.20 bits per heavy atom. The van der Waals surface area contributed by atoms with E-state index in [1.165, 1.54) is 20.4 Å². The summed E-state index contributed by atoms with van der Waals surface area (Å²) in [5.41, 5.74) is 2.61. The van der Waals surface area contributed by atoms with E-state index in [2.05, 4.69) is 9.97 Å². The molecule has 2 rings (SSSR count). The smallest absolute Gasteiger partial charge is 0.241 e. The van der Waals surface area contributed by atoms with Gasteiger partial charge in [0.15, 0.2) is 0 Å². The largest absolute Gasteiger partial charge is 0.480 e. The lowest BCUT2D eigenvalue weighted by molar-refractivity contribution is 0.166. The molecule has 1 aromatic carbocycles. The summed E-state index contributed by atoms with van der Waals surface area (Å²) >= 11 is 0. The fourth-order valence-corrected chi connectivity index (χ4v) is 1.99. The topological polar surface area (TPSA) is 64.5 Å². The summed E-state index contributed by atoms with van der Waals surface area (Å²) < 4.78 is 10.2. The van der Waals surface area contributed by atoms with Crippen molar-refractivity contribution in [2.75, 3.05) is 14.2 Å². The number of methoxy groups -OCH3 is 2. The van der Waals surface area contributed by atoms with Crippen molar-refractivity contribution in [3.63, 3.8) is 0 Å². The number of hydrogen-bond donors (Lipinski definition) is 1. The molecule has 1 aromatic heterocycles. The molecule has 5 heteroatoms. The predicted octanol–water partition coefficient (Wildman–Crippen LogP) is 2.08. The van der Waals surface area contributed by atoms with Gasteiger partial charge < -0.3 is 14.6 Å². The quantitative estimate of drug-likeness (QED) is 0.904. The first-order valence-corrected chi connectivity index (χ1v) is 6.33. The molecule has 0 saturated heterocycles. The van der Waals surface area contributed by atoms with Gasteiger partial charge in [-0.1, -0.05) is 24.3 Å². The molecule has 2 aromatic rings. The van der Waals surface area contributed by atoms with E-state index in [-0.39, 0.29) is 5.88 Å². The maximum absolute atomic E-state index is 10.4. The normalized spacial score (nSPS) is 12.0. The van der Waals surface area contributed by atoms with Gasteiger partial charge in [-0.25, -0.2) is 4.98 Å². The summed E-state index contributed by atoms with van der Waals surface area (Å²) in [6, 6.07) is 7.92. The van der Waals surface area contributed by atoms with E-state index in [1.54, 1.807) is 0 Å². The Kier molecular flexibility index (Phi) is 4.53. The molecule has 0 spiro atoms. The first-order chi connectivity index (χ1) is 9.65. The molecule has 0 aliphatic carbocycles. The number of aliphatic hydroxyl groups excluding tert-OH is 1. The number of ether oxygens (including phenoxy) is 2. The molecule has 5 nitrogen and oxygen atoms in total. The summed E-state index contributed by atoms with van der Waals surface area (Å²) in [6.45, 7) is 2.01. The SMILES string of the molecule is COc1cnc(C(O)Cc2ccccc2C)c(OC)n1. The van der Waals surface area contributed by atoms with Crippen molar-refractivity contribution in [3.8, 4) is 11.8 Å². The van der Waals surface area contributed by atoms with Crippen LogP contribution in [0, 0.1) is 6.92 Å². The Morgan fingerprint density at radius 2 is 1.95 bits per heavy atom. The van der Waals surface area contributed by atoms with Gasteiger partial charge in [0, 0.05) is 6.42 Å². The Bertz CT molecular complexity index is 587. The van der Waals surface area contributed by atoms with Crippen molar-refractivity contribution in [2.45, 2.75) is 19.4 Å². The highest BCUT2D eigenvalue weighted by Gasteiger charge is 2.18. The van der Waals surface area contributed by atoms with E-state index < -0.39 is 6.10 Å². The first-order valence-electron chi connectivity index (χ1n) is 6.33. The molecule has 1 heterocycles. The van der Waals surface area contributed by atoms with Crippen molar-refractivity contribution in [2.24, 2.45) is 0 Å². The van der Waals surface area contributed by atoms with E-state index >= 15 is 0 Å². The van der Waals surface area contributed by atoms with E-state index in [4.69, 9.17) is 9.47 Å². The monoisotopic (exact) mass is 274 g/mol. The van der Waals surface area contributed by atoms with Gasteiger partial charge in [-0.2, -0.15) is 4.98 Å². The fraction of sp³-hybridized carbons (Fsp3) is 0.333. The Balaban J connectivity index is 2.25. The second-order valence-electron chi connectivity index (χ2n) is 4.45. The number of rotatable bonds is 5. The van der Waals surface area contributed by atoms with Gasteiger partial charge >= 0.3 is 0 Å². The molecule has 0 fully saturated rings. The fourth-order valence-electron chi connectivity index (χ4n) is 1.99. The molecule has 1 N–H and O–H groups in total. The summed E-state index contributed by atoms with van der Waals surface area (Å²) in [6.07, 6.45) is 1.16. The maximum atomic E-state index is 10.4. The van der Waals surface area contributed by atoms with Crippen molar-refractivity contribution >= 4 is 0 Å². The van der Waals surface area contributed by atoms with Crippen LogP contribution in [0.25, 0.3) is 0 Å². The third-order valence-corrected chi connectivity index (χ3v) is 3.14. The van der Waals surface area contributed by atoms with E-state index in [9.17, 15) is 5.11 Å². The van der Waals surface area contributed by atoms with Gasteiger partial charge in [0.05, 0.1) is 20.4 Å². The molecule has 0 aliphatic heterocycles. The van der Waals surface area contributed by atoms with Crippen LogP contribution in [-0.4, -0.2) is 29.3 Å². The zero-order chi connectivity index (χ0) is 14.5. The summed E-state index contributed by atoms with van der Waals surface area (Å²) in [4.78, 5) is 8.31. The van der Waals surface area contributed by atoms with Crippen LogP contribution < -0.4 is 9.47 Å².